The SMILES string of the molecule is CC(C)(CN)CN1CC[C@@H](NC(=O)NC(C)(C)C)C1. The summed E-state index contributed by atoms with van der Waals surface area (Å²) in [5.41, 5.74) is 5.71. The van der Waals surface area contributed by atoms with E-state index in [9.17, 15) is 4.79 Å². The Labute approximate surface area is 117 Å². The van der Waals surface area contributed by atoms with Crippen LogP contribution in [0.2, 0.25) is 0 Å². The first-order valence-electron chi connectivity index (χ1n) is 7.12. The van der Waals surface area contributed by atoms with Crippen molar-refractivity contribution in [3.8, 4) is 0 Å². The van der Waals surface area contributed by atoms with Gasteiger partial charge in [0.1, 0.15) is 0 Å². The summed E-state index contributed by atoms with van der Waals surface area (Å²) in [5.74, 6) is 0. The number of urea groups is 1. The van der Waals surface area contributed by atoms with Crippen LogP contribution in [0.3, 0.4) is 0 Å². The molecule has 0 aromatic rings. The Balaban J connectivity index is 2.35. The van der Waals surface area contributed by atoms with E-state index in [4.69, 9.17) is 5.73 Å². The third kappa shape index (κ3) is 6.25. The van der Waals surface area contributed by atoms with Crippen LogP contribution in [0, 0.1) is 5.41 Å². The van der Waals surface area contributed by atoms with Gasteiger partial charge >= 0.3 is 6.03 Å². The monoisotopic (exact) mass is 270 g/mol. The first-order valence-corrected chi connectivity index (χ1v) is 7.12. The van der Waals surface area contributed by atoms with Crippen LogP contribution in [0.1, 0.15) is 41.0 Å². The highest BCUT2D eigenvalue weighted by atomic mass is 16.2. The van der Waals surface area contributed by atoms with Gasteiger partial charge in [0.2, 0.25) is 0 Å². The molecule has 0 unspecified atom stereocenters. The van der Waals surface area contributed by atoms with Crippen LogP contribution in [0.5, 0.6) is 0 Å². The van der Waals surface area contributed by atoms with Crippen LogP contribution in [0.15, 0.2) is 0 Å². The fourth-order valence-electron chi connectivity index (χ4n) is 2.33. The molecule has 1 rings (SSSR count). The van der Waals surface area contributed by atoms with Crippen LogP contribution in [0.25, 0.3) is 0 Å². The van der Waals surface area contributed by atoms with Crippen molar-refractivity contribution >= 4 is 6.03 Å². The van der Waals surface area contributed by atoms with Crippen LogP contribution < -0.4 is 16.4 Å². The highest BCUT2D eigenvalue weighted by molar-refractivity contribution is 5.75. The zero-order valence-electron chi connectivity index (χ0n) is 13.0. The lowest BCUT2D eigenvalue weighted by Gasteiger charge is -2.29. The van der Waals surface area contributed by atoms with Crippen LogP contribution in [0.4, 0.5) is 4.79 Å². The maximum atomic E-state index is 11.8. The molecule has 0 aromatic carbocycles. The molecule has 0 saturated carbocycles. The standard InChI is InChI=1S/C14H30N4O/c1-13(2,3)17-12(19)16-11-6-7-18(8-11)10-14(4,5)9-15/h11H,6-10,15H2,1-5H3,(H2,16,17,19)/t11-/m1/s1. The lowest BCUT2D eigenvalue weighted by atomic mass is 9.93. The van der Waals surface area contributed by atoms with Crippen LogP contribution in [-0.4, -0.2) is 48.7 Å². The van der Waals surface area contributed by atoms with E-state index >= 15 is 0 Å². The second-order valence-corrected chi connectivity index (χ2v) is 7.44. The van der Waals surface area contributed by atoms with Crippen molar-refractivity contribution in [2.45, 2.75) is 52.6 Å². The van der Waals surface area contributed by atoms with Gasteiger partial charge in [-0.1, -0.05) is 13.8 Å². The summed E-state index contributed by atoms with van der Waals surface area (Å²) in [4.78, 5) is 14.2. The topological polar surface area (TPSA) is 70.4 Å². The number of nitrogens with one attached hydrogen (secondary N) is 2. The number of carbonyl (C=O) groups is 1. The predicted octanol–water partition coefficient (Wildman–Crippen LogP) is 1.14. The number of hydrogen-bond donors (Lipinski definition) is 3. The lowest BCUT2D eigenvalue weighted by molar-refractivity contribution is 0.208. The van der Waals surface area contributed by atoms with E-state index in [0.29, 0.717) is 6.54 Å². The number of carbonyl (C=O) groups excluding carboxylic acids is 1. The molecule has 0 radical (unpaired) electrons. The van der Waals surface area contributed by atoms with Crippen molar-refractivity contribution in [3.63, 3.8) is 0 Å². The summed E-state index contributed by atoms with van der Waals surface area (Å²) >= 11 is 0. The van der Waals surface area contributed by atoms with Gasteiger partial charge in [-0.3, -0.25) is 0 Å². The summed E-state index contributed by atoms with van der Waals surface area (Å²) in [6.07, 6.45) is 1.01. The normalized spacial score (nSPS) is 21.5. The summed E-state index contributed by atoms with van der Waals surface area (Å²) in [5, 5.41) is 5.98. The molecule has 5 heteroatoms. The molecule has 0 aromatic heterocycles. The van der Waals surface area contributed by atoms with Gasteiger partial charge in [0.05, 0.1) is 0 Å². The van der Waals surface area contributed by atoms with Gasteiger partial charge in [-0.15, -0.1) is 0 Å². The van der Waals surface area contributed by atoms with Crippen molar-refractivity contribution in [1.29, 1.82) is 0 Å². The summed E-state index contributed by atoms with van der Waals surface area (Å²) in [7, 11) is 0. The highest BCUT2D eigenvalue weighted by Gasteiger charge is 2.28. The molecule has 112 valence electrons. The molecule has 1 aliphatic heterocycles. The van der Waals surface area contributed by atoms with E-state index in [1.54, 1.807) is 0 Å². The van der Waals surface area contributed by atoms with E-state index in [2.05, 4.69) is 29.4 Å². The maximum Gasteiger partial charge on any atom is 0.315 e. The molecule has 1 saturated heterocycles. The van der Waals surface area contributed by atoms with Crippen LogP contribution in [-0.2, 0) is 0 Å². The average molecular weight is 270 g/mol. The number of amides is 2. The minimum absolute atomic E-state index is 0.0718. The van der Waals surface area contributed by atoms with E-state index < -0.39 is 0 Å². The number of rotatable bonds is 4. The lowest BCUT2D eigenvalue weighted by Crippen LogP contribution is -2.50. The number of hydrogen-bond acceptors (Lipinski definition) is 3. The first kappa shape index (κ1) is 16.2. The van der Waals surface area contributed by atoms with Crippen molar-refractivity contribution < 1.29 is 4.79 Å². The van der Waals surface area contributed by atoms with Crippen molar-refractivity contribution in [3.05, 3.63) is 0 Å². The van der Waals surface area contributed by atoms with Gasteiger partial charge in [0, 0.05) is 31.2 Å². The molecule has 1 atom stereocenters. The quantitative estimate of drug-likeness (QED) is 0.717. The van der Waals surface area contributed by atoms with E-state index in [-0.39, 0.29) is 23.0 Å². The molecule has 19 heavy (non-hydrogen) atoms. The fraction of sp³-hybridized carbons (Fsp3) is 0.929. The summed E-state index contributed by atoms with van der Waals surface area (Å²) in [6, 6.07) is 0.174. The zero-order valence-corrected chi connectivity index (χ0v) is 13.0. The number of nitrogens with zero attached hydrogens (tertiary/aromatic N) is 1. The Morgan fingerprint density at radius 2 is 1.95 bits per heavy atom. The molecule has 2 amide bonds. The van der Waals surface area contributed by atoms with Gasteiger partial charge in [-0.25, -0.2) is 4.79 Å². The minimum atomic E-state index is -0.191. The van der Waals surface area contributed by atoms with Gasteiger partial charge in [0.15, 0.2) is 0 Å². The largest absolute Gasteiger partial charge is 0.334 e. The Kier molecular flexibility index (Phi) is 5.21. The molecular weight excluding hydrogens is 240 g/mol. The summed E-state index contributed by atoms with van der Waals surface area (Å²) in [6.45, 7) is 13.9. The Morgan fingerprint density at radius 3 is 2.47 bits per heavy atom. The third-order valence-electron chi connectivity index (χ3n) is 3.30. The Hall–Kier alpha value is -0.810. The number of likely N-dealkylation sites (tertiary alicyclic amines) is 1. The molecule has 1 fully saturated rings. The molecule has 4 N–H and O–H groups in total. The molecule has 1 aliphatic rings. The van der Waals surface area contributed by atoms with Crippen molar-refractivity contribution in [1.82, 2.24) is 15.5 Å². The van der Waals surface area contributed by atoms with Crippen molar-refractivity contribution in [2.24, 2.45) is 11.1 Å². The van der Waals surface area contributed by atoms with Gasteiger partial charge in [-0.05, 0) is 39.2 Å². The second kappa shape index (κ2) is 6.09. The smallest absolute Gasteiger partial charge is 0.315 e. The van der Waals surface area contributed by atoms with Crippen LogP contribution >= 0.6 is 0 Å². The fourth-order valence-corrected chi connectivity index (χ4v) is 2.33. The van der Waals surface area contributed by atoms with Gasteiger partial charge in [-0.2, -0.15) is 0 Å². The predicted molar refractivity (Wildman–Crippen MR) is 79.1 cm³/mol. The molecule has 0 spiro atoms. The molecule has 0 bridgehead atoms. The Bertz CT molecular complexity index is 309. The van der Waals surface area contributed by atoms with Gasteiger partial charge < -0.3 is 21.3 Å². The van der Waals surface area contributed by atoms with E-state index in [1.165, 1.54) is 0 Å². The van der Waals surface area contributed by atoms with E-state index in [0.717, 1.165) is 26.1 Å². The summed E-state index contributed by atoms with van der Waals surface area (Å²) < 4.78 is 0. The first-order chi connectivity index (χ1) is 8.61. The molecular formula is C14H30N4O. The maximum absolute atomic E-state index is 11.8. The van der Waals surface area contributed by atoms with Gasteiger partial charge in [0.25, 0.3) is 0 Å². The second-order valence-electron chi connectivity index (χ2n) is 7.44. The van der Waals surface area contributed by atoms with E-state index in [1.807, 2.05) is 20.8 Å². The van der Waals surface area contributed by atoms with Crippen molar-refractivity contribution in [2.75, 3.05) is 26.2 Å². The number of nitrogens with two attached hydrogens (primary N) is 1. The molecule has 1 heterocycles. The molecule has 0 aliphatic carbocycles. The minimum Gasteiger partial charge on any atom is -0.334 e. The Morgan fingerprint density at radius 1 is 1.32 bits per heavy atom. The molecule has 5 nitrogen and oxygen atoms in total. The third-order valence-corrected chi connectivity index (χ3v) is 3.30. The zero-order chi connectivity index (χ0) is 14.7. The highest BCUT2D eigenvalue weighted by Crippen LogP contribution is 2.19. The average Bonchev–Trinajstić information content (AvgIpc) is 2.61.